The van der Waals surface area contributed by atoms with E-state index in [1.165, 1.54) is 5.57 Å². The van der Waals surface area contributed by atoms with Crippen molar-refractivity contribution in [3.8, 4) is 0 Å². The number of fused-ring (bicyclic) bond motifs is 1. The van der Waals surface area contributed by atoms with Crippen LogP contribution in [0.2, 0.25) is 0 Å². The van der Waals surface area contributed by atoms with Crippen molar-refractivity contribution in [1.82, 2.24) is 9.13 Å². The molecule has 2 fully saturated rings. The lowest BCUT2D eigenvalue weighted by Crippen LogP contribution is -2.44. The highest BCUT2D eigenvalue weighted by molar-refractivity contribution is 5.69. The minimum atomic E-state index is -1.22. The first-order valence-electron chi connectivity index (χ1n) is 14.6. The van der Waals surface area contributed by atoms with Gasteiger partial charge in [-0.15, -0.1) is 0 Å². The van der Waals surface area contributed by atoms with Crippen molar-refractivity contribution in [2.75, 3.05) is 13.2 Å². The topological polar surface area (TPSA) is 118 Å². The van der Waals surface area contributed by atoms with Crippen LogP contribution in [-0.2, 0) is 30.3 Å². The molecule has 0 bridgehead atoms. The van der Waals surface area contributed by atoms with Crippen LogP contribution in [0.1, 0.15) is 73.5 Å². The number of carbonyl (C=O) groups excluding carboxylic acids is 1. The van der Waals surface area contributed by atoms with E-state index in [1.807, 2.05) is 13.0 Å². The number of aliphatic hydroxyl groups is 1. The summed E-state index contributed by atoms with van der Waals surface area (Å²) in [4.78, 5) is 37.9. The van der Waals surface area contributed by atoms with E-state index < -0.39 is 60.0 Å². The molecule has 1 aromatic heterocycles. The molecule has 1 N–H and O–H groups in total. The Kier molecular flexibility index (Phi) is 12.0. The van der Waals surface area contributed by atoms with Gasteiger partial charge in [0, 0.05) is 13.0 Å². The molecule has 3 rings (SSSR count). The average Bonchev–Trinajstić information content (AvgIpc) is 3.45. The number of aliphatic hydroxyl groups excluding tert-OH is 1. The molecule has 2 aliphatic heterocycles. The molecule has 11 heteroatoms. The molecular formula is C31H45FN2O8. The van der Waals surface area contributed by atoms with Gasteiger partial charge in [-0.1, -0.05) is 49.8 Å². The normalized spacial score (nSPS) is 27.0. The second kappa shape index (κ2) is 15.0. The lowest BCUT2D eigenvalue weighted by Gasteiger charge is -2.27. The summed E-state index contributed by atoms with van der Waals surface area (Å²) < 4.78 is 39.5. The van der Waals surface area contributed by atoms with Gasteiger partial charge in [-0.05, 0) is 52.4 Å². The van der Waals surface area contributed by atoms with Crippen molar-refractivity contribution in [2.45, 2.75) is 104 Å². The molecule has 0 amide bonds. The first-order valence-corrected chi connectivity index (χ1v) is 14.6. The number of nitrogens with zero attached hydrogens (tertiary/aromatic N) is 2. The summed E-state index contributed by atoms with van der Waals surface area (Å²) in [6.07, 6.45) is 9.14. The molecule has 7 atom stereocenters. The molecule has 42 heavy (non-hydrogen) atoms. The third-order valence-corrected chi connectivity index (χ3v) is 7.38. The molecule has 2 aliphatic rings. The van der Waals surface area contributed by atoms with Crippen molar-refractivity contribution in [2.24, 2.45) is 11.8 Å². The molecule has 3 heterocycles. The summed E-state index contributed by atoms with van der Waals surface area (Å²) in [6, 6.07) is 0. The fourth-order valence-electron chi connectivity index (χ4n) is 5.06. The second-order valence-corrected chi connectivity index (χ2v) is 11.5. The molecule has 10 nitrogen and oxygen atoms in total. The third-order valence-electron chi connectivity index (χ3n) is 7.38. The summed E-state index contributed by atoms with van der Waals surface area (Å²) in [5.74, 6) is -2.18. The van der Waals surface area contributed by atoms with E-state index in [1.54, 1.807) is 19.9 Å². The molecule has 0 radical (unpaired) electrons. The Labute approximate surface area is 246 Å². The minimum Gasteiger partial charge on any atom is -0.466 e. The van der Waals surface area contributed by atoms with E-state index in [2.05, 4.69) is 39.0 Å². The quantitative estimate of drug-likeness (QED) is 0.254. The zero-order chi connectivity index (χ0) is 31.0. The Balaban J connectivity index is 1.73. The maximum Gasteiger partial charge on any atom is 0.333 e. The Morgan fingerprint density at radius 3 is 2.48 bits per heavy atom. The fraction of sp³-hybridized carbons (Fsp3) is 0.645. The molecule has 2 saturated heterocycles. The van der Waals surface area contributed by atoms with E-state index in [0.717, 1.165) is 28.2 Å². The van der Waals surface area contributed by atoms with Gasteiger partial charge in [0.15, 0.2) is 12.0 Å². The number of ether oxygens (including phenoxy) is 4. The summed E-state index contributed by atoms with van der Waals surface area (Å²) >= 11 is 0. The third kappa shape index (κ3) is 8.59. The Bertz CT molecular complexity index is 1280. The second-order valence-electron chi connectivity index (χ2n) is 11.5. The molecule has 0 aromatic carbocycles. The van der Waals surface area contributed by atoms with E-state index in [9.17, 15) is 23.9 Å². The molecule has 0 aliphatic carbocycles. The van der Waals surface area contributed by atoms with Crippen molar-refractivity contribution in [3.63, 3.8) is 0 Å². The standard InChI is InChI=1S/C31H45FN2O8/c1-7-39-25(36)15-16-31(6)41-26-24(19-35)40-29(27(26)42-31)34-18-23(32)28(37)33(30(34)38)17-9-12-21(4)10-8-11-22(5)14-13-20(2)3/h8-9,11-13,18,21-22,24,26-27,29,35H,7,10,14-17,19H2,1-6H3/b11-8+,12-9+/t21?,22?,24-,26-,27-,29-,31?/m1/s1. The van der Waals surface area contributed by atoms with Crippen LogP contribution in [0, 0.1) is 17.7 Å². The summed E-state index contributed by atoms with van der Waals surface area (Å²) in [7, 11) is 0. The Morgan fingerprint density at radius 1 is 1.14 bits per heavy atom. The zero-order valence-corrected chi connectivity index (χ0v) is 25.5. The van der Waals surface area contributed by atoms with Crippen LogP contribution in [0.15, 0.2) is 51.7 Å². The lowest BCUT2D eigenvalue weighted by atomic mass is 10.0. The van der Waals surface area contributed by atoms with Crippen molar-refractivity contribution < 1.29 is 33.2 Å². The molecule has 0 saturated carbocycles. The Hall–Kier alpha value is -2.86. The van der Waals surface area contributed by atoms with Crippen LogP contribution < -0.4 is 11.2 Å². The van der Waals surface area contributed by atoms with Gasteiger partial charge < -0.3 is 24.1 Å². The van der Waals surface area contributed by atoms with Crippen molar-refractivity contribution >= 4 is 5.97 Å². The van der Waals surface area contributed by atoms with Crippen LogP contribution in [0.3, 0.4) is 0 Å². The number of hydrogen-bond donors (Lipinski definition) is 1. The summed E-state index contributed by atoms with van der Waals surface area (Å²) in [5, 5.41) is 9.90. The predicted octanol–water partition coefficient (Wildman–Crippen LogP) is 4.01. The number of carbonyl (C=O) groups is 1. The highest BCUT2D eigenvalue weighted by atomic mass is 19.1. The predicted molar refractivity (Wildman–Crippen MR) is 155 cm³/mol. The first-order chi connectivity index (χ1) is 19.9. The number of hydrogen-bond acceptors (Lipinski definition) is 8. The van der Waals surface area contributed by atoms with Crippen LogP contribution in [0.4, 0.5) is 4.39 Å². The van der Waals surface area contributed by atoms with Crippen molar-refractivity contribution in [1.29, 1.82) is 0 Å². The fourth-order valence-corrected chi connectivity index (χ4v) is 5.06. The van der Waals surface area contributed by atoms with Gasteiger partial charge in [-0.25, -0.2) is 4.79 Å². The maximum atomic E-state index is 14.8. The van der Waals surface area contributed by atoms with Gasteiger partial charge in [-0.3, -0.25) is 18.7 Å². The SMILES string of the molecule is CCOC(=O)CCC1(C)O[C@@H]2[C@H](O1)[C@@H](CO)O[C@H]2n1cc(F)c(=O)n(C/C=C/C(C)C/C=C/C(C)CC=C(C)C)c1=O. The molecule has 234 valence electrons. The number of rotatable bonds is 14. The van der Waals surface area contributed by atoms with E-state index in [4.69, 9.17) is 18.9 Å². The van der Waals surface area contributed by atoms with Crippen molar-refractivity contribution in [3.05, 3.63) is 68.8 Å². The zero-order valence-electron chi connectivity index (χ0n) is 25.5. The van der Waals surface area contributed by atoms with Gasteiger partial charge >= 0.3 is 11.7 Å². The highest BCUT2D eigenvalue weighted by Gasteiger charge is 2.57. The van der Waals surface area contributed by atoms with E-state index >= 15 is 0 Å². The lowest BCUT2D eigenvalue weighted by molar-refractivity contribution is -0.215. The largest absolute Gasteiger partial charge is 0.466 e. The van der Waals surface area contributed by atoms with Crippen LogP contribution >= 0.6 is 0 Å². The number of halogens is 1. The van der Waals surface area contributed by atoms with Crippen LogP contribution in [-0.4, -0.2) is 57.5 Å². The van der Waals surface area contributed by atoms with Gasteiger partial charge in [0.05, 0.1) is 25.8 Å². The van der Waals surface area contributed by atoms with E-state index in [0.29, 0.717) is 5.92 Å². The van der Waals surface area contributed by atoms with Crippen LogP contribution in [0.25, 0.3) is 0 Å². The number of esters is 1. The molecule has 3 unspecified atom stereocenters. The molecule has 1 aromatic rings. The summed E-state index contributed by atoms with van der Waals surface area (Å²) in [6.45, 7) is 11.4. The average molecular weight is 593 g/mol. The van der Waals surface area contributed by atoms with E-state index in [-0.39, 0.29) is 31.9 Å². The smallest absolute Gasteiger partial charge is 0.333 e. The number of aromatic nitrogens is 2. The van der Waals surface area contributed by atoms with Gasteiger partial charge in [-0.2, -0.15) is 4.39 Å². The van der Waals surface area contributed by atoms with Gasteiger partial charge in [0.2, 0.25) is 5.82 Å². The molecule has 0 spiro atoms. The summed E-state index contributed by atoms with van der Waals surface area (Å²) in [5.41, 5.74) is -0.533. The first kappa shape index (κ1) is 33.6. The van der Waals surface area contributed by atoms with Gasteiger partial charge in [0.1, 0.15) is 18.3 Å². The highest BCUT2D eigenvalue weighted by Crippen LogP contribution is 2.44. The maximum absolute atomic E-state index is 14.8. The monoisotopic (exact) mass is 592 g/mol. The molecular weight excluding hydrogens is 547 g/mol. The van der Waals surface area contributed by atoms with Crippen LogP contribution in [0.5, 0.6) is 0 Å². The minimum absolute atomic E-state index is 0.0357. The van der Waals surface area contributed by atoms with Gasteiger partial charge in [0.25, 0.3) is 5.56 Å². The Morgan fingerprint density at radius 2 is 1.81 bits per heavy atom. The number of allylic oxidation sites excluding steroid dienone is 6.